The number of hydrogen-bond donors (Lipinski definition) is 2. The van der Waals surface area contributed by atoms with E-state index in [0.29, 0.717) is 12.5 Å². The molecule has 66 valence electrons. The topological polar surface area (TPSA) is 66.5 Å². The van der Waals surface area contributed by atoms with Gasteiger partial charge in [-0.05, 0) is 12.1 Å². The highest BCUT2D eigenvalue weighted by Gasteiger charge is 1.94. The van der Waals surface area contributed by atoms with Crippen molar-refractivity contribution < 1.29 is 0 Å². The lowest BCUT2D eigenvalue weighted by atomic mass is 10.3. The van der Waals surface area contributed by atoms with Crippen LogP contribution in [-0.4, -0.2) is 20.2 Å². The number of H-pyrrole nitrogens is 1. The third-order valence-electron chi connectivity index (χ3n) is 1.58. The van der Waals surface area contributed by atoms with Gasteiger partial charge >= 0.3 is 0 Å². The summed E-state index contributed by atoms with van der Waals surface area (Å²) < 4.78 is 0. The lowest BCUT2D eigenvalue weighted by Gasteiger charge is -2.00. The van der Waals surface area contributed by atoms with Crippen LogP contribution in [0.5, 0.6) is 0 Å². The Balaban J connectivity index is 1.94. The first-order valence-corrected chi connectivity index (χ1v) is 3.94. The van der Waals surface area contributed by atoms with E-state index in [2.05, 4.69) is 25.5 Å². The number of anilines is 1. The number of aromatic amines is 1. The minimum atomic E-state index is 0.649. The Morgan fingerprint density at radius 3 is 3.00 bits per heavy atom. The Hall–Kier alpha value is -1.91. The van der Waals surface area contributed by atoms with E-state index in [0.717, 1.165) is 5.69 Å². The average molecular weight is 175 g/mol. The van der Waals surface area contributed by atoms with Gasteiger partial charge in [-0.25, -0.2) is 10.1 Å². The van der Waals surface area contributed by atoms with E-state index in [4.69, 9.17) is 0 Å². The zero-order valence-corrected chi connectivity index (χ0v) is 6.94. The van der Waals surface area contributed by atoms with Crippen LogP contribution in [0.3, 0.4) is 0 Å². The van der Waals surface area contributed by atoms with E-state index < -0.39 is 0 Å². The molecule has 2 rings (SSSR count). The molecule has 0 aliphatic rings. The first-order valence-electron chi connectivity index (χ1n) is 3.94. The highest BCUT2D eigenvalue weighted by molar-refractivity contribution is 5.22. The number of hydrogen-bond acceptors (Lipinski definition) is 4. The third kappa shape index (κ3) is 2.02. The number of nitrogens with zero attached hydrogens (tertiary/aromatic N) is 3. The van der Waals surface area contributed by atoms with Crippen LogP contribution in [0.4, 0.5) is 5.95 Å². The Labute approximate surface area is 75.2 Å². The molecule has 0 radical (unpaired) electrons. The third-order valence-corrected chi connectivity index (χ3v) is 1.58. The molecule has 0 amide bonds. The maximum Gasteiger partial charge on any atom is 0.218 e. The van der Waals surface area contributed by atoms with Crippen LogP contribution in [0, 0.1) is 0 Å². The number of rotatable bonds is 3. The number of pyridine rings is 1. The van der Waals surface area contributed by atoms with Crippen molar-refractivity contribution in [3.8, 4) is 0 Å². The fourth-order valence-corrected chi connectivity index (χ4v) is 0.968. The maximum atomic E-state index is 4.15. The molecular weight excluding hydrogens is 166 g/mol. The molecule has 5 heteroatoms. The van der Waals surface area contributed by atoms with Crippen LogP contribution in [0.1, 0.15) is 5.69 Å². The average Bonchev–Trinajstić information content (AvgIpc) is 2.69. The van der Waals surface area contributed by atoms with E-state index in [1.807, 2.05) is 18.2 Å². The summed E-state index contributed by atoms with van der Waals surface area (Å²) in [6.07, 6.45) is 3.22. The van der Waals surface area contributed by atoms with Crippen LogP contribution < -0.4 is 5.32 Å². The Morgan fingerprint density at radius 1 is 1.31 bits per heavy atom. The molecule has 0 aliphatic carbocycles. The van der Waals surface area contributed by atoms with E-state index in [9.17, 15) is 0 Å². The summed E-state index contributed by atoms with van der Waals surface area (Å²) >= 11 is 0. The largest absolute Gasteiger partial charge is 0.349 e. The quantitative estimate of drug-likeness (QED) is 0.724. The normalized spacial score (nSPS) is 9.85. The second-order valence-corrected chi connectivity index (χ2v) is 2.51. The molecule has 0 aromatic carbocycles. The van der Waals surface area contributed by atoms with Gasteiger partial charge in [0.15, 0.2) is 0 Å². The molecule has 0 unspecified atom stereocenters. The maximum absolute atomic E-state index is 4.15. The van der Waals surface area contributed by atoms with Crippen LogP contribution in [0.2, 0.25) is 0 Å². The van der Waals surface area contributed by atoms with Crippen molar-refractivity contribution in [2.24, 2.45) is 0 Å². The molecule has 2 heterocycles. The van der Waals surface area contributed by atoms with E-state index >= 15 is 0 Å². The van der Waals surface area contributed by atoms with Crippen LogP contribution in [-0.2, 0) is 6.54 Å². The molecule has 5 nitrogen and oxygen atoms in total. The minimum absolute atomic E-state index is 0.649. The molecule has 0 fully saturated rings. The Bertz CT molecular complexity index is 342. The van der Waals surface area contributed by atoms with Crippen molar-refractivity contribution in [2.45, 2.75) is 6.54 Å². The van der Waals surface area contributed by atoms with Crippen molar-refractivity contribution in [1.82, 2.24) is 20.2 Å². The molecule has 13 heavy (non-hydrogen) atoms. The van der Waals surface area contributed by atoms with Crippen molar-refractivity contribution in [1.29, 1.82) is 0 Å². The summed E-state index contributed by atoms with van der Waals surface area (Å²) in [5.74, 6) is 0.658. The summed E-state index contributed by atoms with van der Waals surface area (Å²) in [6, 6.07) is 5.78. The molecule has 2 N–H and O–H groups in total. The lowest BCUT2D eigenvalue weighted by molar-refractivity contribution is 1.00. The second kappa shape index (κ2) is 3.66. The van der Waals surface area contributed by atoms with Gasteiger partial charge in [0.1, 0.15) is 6.33 Å². The zero-order chi connectivity index (χ0) is 8.93. The van der Waals surface area contributed by atoms with Gasteiger partial charge in [0.2, 0.25) is 5.95 Å². The first kappa shape index (κ1) is 7.72. The zero-order valence-electron chi connectivity index (χ0n) is 6.94. The Morgan fingerprint density at radius 2 is 2.31 bits per heavy atom. The molecule has 0 saturated carbocycles. The molecule has 2 aromatic rings. The van der Waals surface area contributed by atoms with Crippen molar-refractivity contribution in [3.63, 3.8) is 0 Å². The van der Waals surface area contributed by atoms with Gasteiger partial charge in [0.05, 0.1) is 12.2 Å². The van der Waals surface area contributed by atoms with Gasteiger partial charge in [0.25, 0.3) is 0 Å². The second-order valence-electron chi connectivity index (χ2n) is 2.51. The summed E-state index contributed by atoms with van der Waals surface area (Å²) in [7, 11) is 0. The van der Waals surface area contributed by atoms with E-state index in [-0.39, 0.29) is 0 Å². The summed E-state index contributed by atoms with van der Waals surface area (Å²) in [4.78, 5) is 8.08. The van der Waals surface area contributed by atoms with E-state index in [1.165, 1.54) is 6.33 Å². The fraction of sp³-hybridized carbons (Fsp3) is 0.125. The fourth-order valence-electron chi connectivity index (χ4n) is 0.968. The molecule has 0 atom stereocenters. The predicted molar refractivity (Wildman–Crippen MR) is 47.9 cm³/mol. The van der Waals surface area contributed by atoms with Crippen molar-refractivity contribution >= 4 is 5.95 Å². The first-order chi connectivity index (χ1) is 6.45. The van der Waals surface area contributed by atoms with Gasteiger partial charge in [-0.1, -0.05) is 6.07 Å². The molecule has 0 saturated heterocycles. The van der Waals surface area contributed by atoms with Gasteiger partial charge < -0.3 is 5.32 Å². The summed E-state index contributed by atoms with van der Waals surface area (Å²) in [5, 5.41) is 9.47. The predicted octanol–water partition coefficient (Wildman–Crippen LogP) is 0.812. The molecule has 0 spiro atoms. The minimum Gasteiger partial charge on any atom is -0.349 e. The number of aromatic nitrogens is 4. The van der Waals surface area contributed by atoms with E-state index in [1.54, 1.807) is 6.20 Å². The lowest BCUT2D eigenvalue weighted by Crippen LogP contribution is -2.02. The summed E-state index contributed by atoms with van der Waals surface area (Å²) in [5.41, 5.74) is 0.971. The van der Waals surface area contributed by atoms with Crippen LogP contribution in [0.25, 0.3) is 0 Å². The molecular formula is C8H9N5. The van der Waals surface area contributed by atoms with Crippen LogP contribution >= 0.6 is 0 Å². The van der Waals surface area contributed by atoms with Gasteiger partial charge in [-0.15, -0.1) is 0 Å². The van der Waals surface area contributed by atoms with Crippen molar-refractivity contribution in [3.05, 3.63) is 36.4 Å². The van der Waals surface area contributed by atoms with Crippen molar-refractivity contribution in [2.75, 3.05) is 5.32 Å². The van der Waals surface area contributed by atoms with Crippen LogP contribution in [0.15, 0.2) is 30.7 Å². The monoisotopic (exact) mass is 175 g/mol. The molecule has 0 aliphatic heterocycles. The van der Waals surface area contributed by atoms with Gasteiger partial charge in [-0.3, -0.25) is 4.98 Å². The molecule has 0 bridgehead atoms. The Kier molecular flexibility index (Phi) is 2.18. The highest BCUT2D eigenvalue weighted by Crippen LogP contribution is 1.98. The number of nitrogens with one attached hydrogen (secondary N) is 2. The smallest absolute Gasteiger partial charge is 0.218 e. The SMILES string of the molecule is c1ccc(CNc2ncn[nH]2)nc1. The van der Waals surface area contributed by atoms with Gasteiger partial charge in [-0.2, -0.15) is 5.10 Å². The highest BCUT2D eigenvalue weighted by atomic mass is 15.3. The molecule has 2 aromatic heterocycles. The standard InChI is InChI=1S/C8H9N5/c1-2-4-9-7(3-1)5-10-8-11-6-12-13-8/h1-4,6H,5H2,(H2,10,11,12,13). The van der Waals surface area contributed by atoms with Gasteiger partial charge in [0, 0.05) is 6.20 Å². The summed E-state index contributed by atoms with van der Waals surface area (Å²) in [6.45, 7) is 0.649.